The van der Waals surface area contributed by atoms with Crippen molar-refractivity contribution in [1.29, 1.82) is 0 Å². The highest BCUT2D eigenvalue weighted by atomic mass is 79.9. The van der Waals surface area contributed by atoms with E-state index in [1.54, 1.807) is 54.6 Å². The molecule has 184 valence electrons. The molecule has 0 radical (unpaired) electrons. The van der Waals surface area contributed by atoms with E-state index in [1.165, 1.54) is 11.6 Å². The fourth-order valence-electron chi connectivity index (χ4n) is 3.12. The van der Waals surface area contributed by atoms with Crippen molar-refractivity contribution < 1.29 is 34.1 Å². The molecule has 0 saturated heterocycles. The monoisotopic (exact) mass is 536 g/mol. The number of nitrogens with one attached hydrogen (secondary N) is 2. The van der Waals surface area contributed by atoms with Gasteiger partial charge in [-0.25, -0.2) is 10.3 Å². The minimum absolute atomic E-state index is 0.130. The highest BCUT2D eigenvalue weighted by molar-refractivity contribution is 9.10. The Kier molecular flexibility index (Phi) is 12.1. The molecule has 2 aromatic carbocycles. The number of anilines is 1. The molecule has 0 fully saturated rings. The maximum Gasteiger partial charge on any atom is 0.412 e. The van der Waals surface area contributed by atoms with E-state index in [9.17, 15) is 9.59 Å². The maximum atomic E-state index is 12.7. The predicted octanol–water partition coefficient (Wildman–Crippen LogP) is 4.36. The molecule has 2 rings (SSSR count). The highest BCUT2D eigenvalue weighted by Gasteiger charge is 2.28. The summed E-state index contributed by atoms with van der Waals surface area (Å²) in [5.74, 6) is -0.119. The zero-order chi connectivity index (χ0) is 24.8. The van der Waals surface area contributed by atoms with E-state index in [-0.39, 0.29) is 13.2 Å². The van der Waals surface area contributed by atoms with Gasteiger partial charge in [0.1, 0.15) is 12.4 Å². The van der Waals surface area contributed by atoms with Crippen molar-refractivity contribution in [2.45, 2.75) is 32.0 Å². The molecule has 34 heavy (non-hydrogen) atoms. The molecule has 4 N–H and O–H groups in total. The normalized spacial score (nSPS) is 12.7. The smallest absolute Gasteiger partial charge is 0.412 e. The van der Waals surface area contributed by atoms with E-state index in [0.29, 0.717) is 36.4 Å². The van der Waals surface area contributed by atoms with E-state index < -0.39 is 24.2 Å². The number of allylic oxidation sites excluding steroid dienone is 1. The third-order valence-corrected chi connectivity index (χ3v) is 5.12. The first-order chi connectivity index (χ1) is 16.5. The van der Waals surface area contributed by atoms with Gasteiger partial charge in [-0.05, 0) is 61.7 Å². The number of carbonyl (C=O) groups excluding carboxylic acids is 2. The average Bonchev–Trinajstić information content (AvgIpc) is 2.84. The maximum absolute atomic E-state index is 12.7. The van der Waals surface area contributed by atoms with E-state index in [2.05, 4.69) is 21.2 Å². The molecule has 0 aliphatic carbocycles. The topological polar surface area (TPSA) is 126 Å². The van der Waals surface area contributed by atoms with E-state index in [4.69, 9.17) is 24.5 Å². The quantitative estimate of drug-likeness (QED) is 0.170. The van der Waals surface area contributed by atoms with Gasteiger partial charge in [0, 0.05) is 22.8 Å². The second-order valence-corrected chi connectivity index (χ2v) is 7.97. The van der Waals surface area contributed by atoms with E-state index in [1.807, 2.05) is 6.92 Å². The Morgan fingerprint density at radius 2 is 1.94 bits per heavy atom. The van der Waals surface area contributed by atoms with Crippen LogP contribution in [0.2, 0.25) is 0 Å². The van der Waals surface area contributed by atoms with Crippen LogP contribution in [0.5, 0.6) is 5.75 Å². The zero-order valence-corrected chi connectivity index (χ0v) is 20.4. The number of ether oxygens (including phenoxy) is 3. The number of aliphatic hydroxyl groups is 1. The number of benzene rings is 2. The largest absolute Gasteiger partial charge is 0.491 e. The molecule has 0 bridgehead atoms. The summed E-state index contributed by atoms with van der Waals surface area (Å²) < 4.78 is 18.1. The molecule has 0 heterocycles. The zero-order valence-electron chi connectivity index (χ0n) is 18.8. The lowest BCUT2D eigenvalue weighted by Crippen LogP contribution is -2.29. The summed E-state index contributed by atoms with van der Waals surface area (Å²) in [7, 11) is 0. The molecular weight excluding hydrogens is 508 g/mol. The molecule has 10 heteroatoms. The Bertz CT molecular complexity index is 937. The molecule has 0 saturated carbocycles. The summed E-state index contributed by atoms with van der Waals surface area (Å²) >= 11 is 3.35. The number of halogens is 1. The lowest BCUT2D eigenvalue weighted by atomic mass is 10.00. The van der Waals surface area contributed by atoms with Crippen LogP contribution in [-0.2, 0) is 14.3 Å². The van der Waals surface area contributed by atoms with Gasteiger partial charge in [-0.1, -0.05) is 34.1 Å². The van der Waals surface area contributed by atoms with E-state index >= 15 is 0 Å². The Balaban J connectivity index is 2.24. The van der Waals surface area contributed by atoms with Crippen LogP contribution in [0.3, 0.4) is 0 Å². The molecule has 2 amide bonds. The van der Waals surface area contributed by atoms with Crippen LogP contribution < -0.4 is 15.5 Å². The Hall–Kier alpha value is -2.92. The first-order valence-electron chi connectivity index (χ1n) is 10.8. The van der Waals surface area contributed by atoms with Crippen molar-refractivity contribution in [2.24, 2.45) is 0 Å². The van der Waals surface area contributed by atoms with Gasteiger partial charge in [-0.2, -0.15) is 0 Å². The van der Waals surface area contributed by atoms with Crippen molar-refractivity contribution in [3.63, 3.8) is 0 Å². The standard InChI is InChI=1S/C24H29BrN2O7/c1-2-32-21(8-3-4-9-22(29)27-31)23(17-6-5-7-20(16-17)33-15-14-28)34-24(30)26-19-12-10-18(25)11-13-19/h4-7,9-13,16,21,23,28,31H,2-3,8,14-15H2,1H3,(H,26,30)(H,27,29)/b9-4+/t21-,23-/m1/s1. The summed E-state index contributed by atoms with van der Waals surface area (Å²) in [5.41, 5.74) is 2.75. The van der Waals surface area contributed by atoms with Gasteiger partial charge in [0.25, 0.3) is 5.91 Å². The predicted molar refractivity (Wildman–Crippen MR) is 130 cm³/mol. The van der Waals surface area contributed by atoms with Gasteiger partial charge in [0.2, 0.25) is 0 Å². The van der Waals surface area contributed by atoms with Crippen LogP contribution >= 0.6 is 15.9 Å². The second kappa shape index (κ2) is 15.1. The van der Waals surface area contributed by atoms with Crippen LogP contribution in [0.15, 0.2) is 65.2 Å². The van der Waals surface area contributed by atoms with Crippen molar-refractivity contribution in [2.75, 3.05) is 25.1 Å². The SMILES string of the molecule is CCO[C@H](CC/C=C/C(=O)NO)[C@H](OC(=O)Nc1ccc(Br)cc1)c1cccc(OCCO)c1. The summed E-state index contributed by atoms with van der Waals surface area (Å²) in [5, 5.41) is 20.4. The van der Waals surface area contributed by atoms with Crippen LogP contribution in [0.25, 0.3) is 0 Å². The summed E-state index contributed by atoms with van der Waals surface area (Å²) in [6.45, 7) is 2.21. The third-order valence-electron chi connectivity index (χ3n) is 4.59. The van der Waals surface area contributed by atoms with Crippen LogP contribution in [0.4, 0.5) is 10.5 Å². The van der Waals surface area contributed by atoms with Crippen molar-refractivity contribution in [3.8, 4) is 5.75 Å². The van der Waals surface area contributed by atoms with Gasteiger partial charge in [-0.15, -0.1) is 0 Å². The number of aliphatic hydroxyl groups excluding tert-OH is 1. The summed E-state index contributed by atoms with van der Waals surface area (Å²) in [6, 6.07) is 14.1. The molecule has 2 atom stereocenters. The Morgan fingerprint density at radius 3 is 2.62 bits per heavy atom. The summed E-state index contributed by atoms with van der Waals surface area (Å²) in [6.07, 6.45) is 1.70. The minimum Gasteiger partial charge on any atom is -0.491 e. The molecule has 0 unspecified atom stereocenters. The first kappa shape index (κ1) is 27.3. The van der Waals surface area contributed by atoms with Gasteiger partial charge in [-0.3, -0.25) is 15.3 Å². The fourth-order valence-corrected chi connectivity index (χ4v) is 3.39. The van der Waals surface area contributed by atoms with Crippen LogP contribution in [-0.4, -0.2) is 48.2 Å². The minimum atomic E-state index is -0.784. The van der Waals surface area contributed by atoms with Crippen molar-refractivity contribution in [3.05, 3.63) is 70.7 Å². The lowest BCUT2D eigenvalue weighted by Gasteiger charge is -2.27. The molecule has 2 aromatic rings. The molecule has 0 spiro atoms. The first-order valence-corrected chi connectivity index (χ1v) is 11.5. The molecular formula is C24H29BrN2O7. The van der Waals surface area contributed by atoms with Gasteiger partial charge in [0.05, 0.1) is 12.7 Å². The number of amides is 2. The average molecular weight is 537 g/mol. The highest BCUT2D eigenvalue weighted by Crippen LogP contribution is 2.30. The molecule has 0 aliphatic rings. The number of hydrogen-bond donors (Lipinski definition) is 4. The van der Waals surface area contributed by atoms with Crippen molar-refractivity contribution in [1.82, 2.24) is 5.48 Å². The number of hydrogen-bond acceptors (Lipinski definition) is 7. The van der Waals surface area contributed by atoms with Gasteiger partial charge >= 0.3 is 6.09 Å². The van der Waals surface area contributed by atoms with Gasteiger partial charge < -0.3 is 19.3 Å². The lowest BCUT2D eigenvalue weighted by molar-refractivity contribution is -0.124. The second-order valence-electron chi connectivity index (χ2n) is 7.05. The molecule has 0 aliphatic heterocycles. The van der Waals surface area contributed by atoms with Crippen molar-refractivity contribution >= 4 is 33.6 Å². The summed E-state index contributed by atoms with van der Waals surface area (Å²) in [4.78, 5) is 24.0. The Labute approximate surface area is 206 Å². The number of rotatable bonds is 13. The Morgan fingerprint density at radius 1 is 1.18 bits per heavy atom. The molecule has 9 nitrogen and oxygen atoms in total. The van der Waals surface area contributed by atoms with Crippen LogP contribution in [0.1, 0.15) is 31.4 Å². The number of hydroxylamine groups is 1. The van der Waals surface area contributed by atoms with E-state index in [0.717, 1.165) is 4.47 Å². The fraction of sp³-hybridized carbons (Fsp3) is 0.333. The van der Waals surface area contributed by atoms with Gasteiger partial charge in [0.15, 0.2) is 6.10 Å². The molecule has 0 aromatic heterocycles. The third kappa shape index (κ3) is 9.52. The number of carbonyl (C=O) groups is 2. The van der Waals surface area contributed by atoms with Crippen LogP contribution in [0, 0.1) is 0 Å².